The maximum atomic E-state index is 12.1. The molecule has 0 aliphatic heterocycles. The molecule has 0 spiro atoms. The lowest BCUT2D eigenvalue weighted by Gasteiger charge is -2.28. The topological polar surface area (TPSA) is 86.4 Å². The number of benzene rings is 1. The van der Waals surface area contributed by atoms with Gasteiger partial charge >= 0.3 is 0 Å². The molecule has 21 heavy (non-hydrogen) atoms. The summed E-state index contributed by atoms with van der Waals surface area (Å²) in [4.78, 5) is 41.9. The Kier molecular flexibility index (Phi) is 3.95. The number of carbonyl (C=O) groups excluding carboxylic acids is 2. The highest BCUT2D eigenvalue weighted by Crippen LogP contribution is 2.17. The molecule has 2 rings (SSSR count). The number of anilines is 1. The number of amides is 2. The van der Waals surface area contributed by atoms with Crippen LogP contribution in [0.15, 0.2) is 23.0 Å². The summed E-state index contributed by atoms with van der Waals surface area (Å²) in [6.45, 7) is 2.46. The summed E-state index contributed by atoms with van der Waals surface area (Å²) in [5.41, 5.74) is 0.439. The number of H-pyrrole nitrogens is 1. The van der Waals surface area contributed by atoms with Gasteiger partial charge in [0.05, 0.1) is 11.0 Å². The minimum Gasteiger partial charge on any atom is -0.317 e. The Morgan fingerprint density at radius 3 is 2.43 bits per heavy atom. The molecular weight excluding hydrogens is 296 g/mol. The van der Waals surface area contributed by atoms with Crippen LogP contribution in [0.25, 0.3) is 11.0 Å². The van der Waals surface area contributed by atoms with Crippen LogP contribution in [0.2, 0.25) is 5.02 Å². The predicted octanol–water partition coefficient (Wildman–Crippen LogP) is 1.32. The number of halogens is 1. The Hall–Kier alpha value is -2.41. The molecule has 1 heterocycles. The van der Waals surface area contributed by atoms with Crippen molar-refractivity contribution in [2.75, 3.05) is 12.1 Å². The third kappa shape index (κ3) is 2.87. The first kappa shape index (κ1) is 15.0. The van der Waals surface area contributed by atoms with Gasteiger partial charge < -0.3 is 4.98 Å². The van der Waals surface area contributed by atoms with Gasteiger partial charge in [0.25, 0.3) is 5.56 Å². The number of carbonyl (C=O) groups is 2. The van der Waals surface area contributed by atoms with Gasteiger partial charge in [0, 0.05) is 25.9 Å². The Balaban J connectivity index is 2.58. The van der Waals surface area contributed by atoms with Crippen LogP contribution in [-0.2, 0) is 9.59 Å². The lowest BCUT2D eigenvalue weighted by atomic mass is 10.3. The van der Waals surface area contributed by atoms with Crippen LogP contribution in [0.3, 0.4) is 0 Å². The average Bonchev–Trinajstić information content (AvgIpc) is 2.36. The molecule has 8 heteroatoms. The van der Waals surface area contributed by atoms with Gasteiger partial charge in [0.1, 0.15) is 0 Å². The minimum atomic E-state index is -0.528. The molecule has 0 bridgehead atoms. The van der Waals surface area contributed by atoms with Crippen molar-refractivity contribution in [2.45, 2.75) is 13.8 Å². The van der Waals surface area contributed by atoms with Crippen molar-refractivity contribution in [1.82, 2.24) is 15.0 Å². The second-order valence-electron chi connectivity index (χ2n) is 4.42. The van der Waals surface area contributed by atoms with Crippen molar-refractivity contribution < 1.29 is 9.59 Å². The molecule has 2 amide bonds. The molecule has 0 unspecified atom stereocenters. The number of aromatic amines is 1. The zero-order chi connectivity index (χ0) is 15.7. The van der Waals surface area contributed by atoms with Crippen molar-refractivity contribution in [3.63, 3.8) is 0 Å². The van der Waals surface area contributed by atoms with E-state index in [1.54, 1.807) is 18.2 Å². The van der Waals surface area contributed by atoms with E-state index in [0.29, 0.717) is 16.1 Å². The van der Waals surface area contributed by atoms with Crippen LogP contribution < -0.4 is 10.6 Å². The second-order valence-corrected chi connectivity index (χ2v) is 4.86. The third-order valence-electron chi connectivity index (χ3n) is 2.84. The van der Waals surface area contributed by atoms with Crippen LogP contribution in [-0.4, -0.2) is 33.8 Å². The van der Waals surface area contributed by atoms with Gasteiger partial charge in [-0.25, -0.2) is 4.98 Å². The zero-order valence-corrected chi connectivity index (χ0v) is 12.4. The maximum absolute atomic E-state index is 12.1. The molecule has 110 valence electrons. The Morgan fingerprint density at radius 1 is 1.24 bits per heavy atom. The average molecular weight is 309 g/mol. The molecule has 2 aromatic rings. The number of nitrogens with zero attached hydrogens (tertiary/aromatic N) is 3. The van der Waals surface area contributed by atoms with E-state index in [1.807, 2.05) is 0 Å². The van der Waals surface area contributed by atoms with Crippen LogP contribution in [0, 0.1) is 0 Å². The van der Waals surface area contributed by atoms with Crippen LogP contribution in [0.4, 0.5) is 5.82 Å². The summed E-state index contributed by atoms with van der Waals surface area (Å²) in [6, 6.07) is 4.84. The van der Waals surface area contributed by atoms with Gasteiger partial charge in [-0.15, -0.1) is 0 Å². The van der Waals surface area contributed by atoms with E-state index in [9.17, 15) is 14.4 Å². The number of hydrazine groups is 1. The van der Waals surface area contributed by atoms with Crippen molar-refractivity contribution in [2.24, 2.45) is 0 Å². The summed E-state index contributed by atoms with van der Waals surface area (Å²) >= 11 is 5.85. The van der Waals surface area contributed by atoms with Gasteiger partial charge in [-0.05, 0) is 18.2 Å². The van der Waals surface area contributed by atoms with Gasteiger partial charge in [0.15, 0.2) is 0 Å². The molecule has 1 N–H and O–H groups in total. The van der Waals surface area contributed by atoms with E-state index in [4.69, 9.17) is 11.6 Å². The third-order valence-corrected chi connectivity index (χ3v) is 3.07. The zero-order valence-electron chi connectivity index (χ0n) is 11.7. The Bertz CT molecular complexity index is 773. The molecule has 0 aliphatic carbocycles. The molecule has 0 atom stereocenters. The number of hydrogen-bond donors (Lipinski definition) is 1. The van der Waals surface area contributed by atoms with Crippen molar-refractivity contribution in [1.29, 1.82) is 0 Å². The van der Waals surface area contributed by atoms with Gasteiger partial charge in [-0.2, -0.15) is 5.01 Å². The number of imide groups is 1. The van der Waals surface area contributed by atoms with Crippen LogP contribution in [0.1, 0.15) is 13.8 Å². The minimum absolute atomic E-state index is 0.0600. The number of hydrogen-bond acceptors (Lipinski definition) is 5. The normalized spacial score (nSPS) is 10.5. The lowest BCUT2D eigenvalue weighted by molar-refractivity contribution is -0.142. The molecule has 0 fully saturated rings. The van der Waals surface area contributed by atoms with E-state index < -0.39 is 17.4 Å². The second kappa shape index (κ2) is 5.53. The first-order valence-electron chi connectivity index (χ1n) is 6.05. The molecule has 1 aromatic carbocycles. The highest BCUT2D eigenvalue weighted by molar-refractivity contribution is 6.31. The summed E-state index contributed by atoms with van der Waals surface area (Å²) in [5.74, 6) is -1.08. The van der Waals surface area contributed by atoms with E-state index in [-0.39, 0.29) is 5.82 Å². The molecule has 0 aliphatic rings. The molecule has 1 aromatic heterocycles. The summed E-state index contributed by atoms with van der Waals surface area (Å²) < 4.78 is 0. The summed E-state index contributed by atoms with van der Waals surface area (Å²) in [6.07, 6.45) is 0. The van der Waals surface area contributed by atoms with Gasteiger partial charge in [-0.3, -0.25) is 19.4 Å². The Labute approximate surface area is 125 Å². The van der Waals surface area contributed by atoms with E-state index >= 15 is 0 Å². The van der Waals surface area contributed by atoms with E-state index in [1.165, 1.54) is 20.9 Å². The summed E-state index contributed by atoms with van der Waals surface area (Å²) in [5, 5.41) is 2.42. The van der Waals surface area contributed by atoms with Crippen molar-refractivity contribution >= 4 is 40.3 Å². The molecule has 0 saturated carbocycles. The quantitative estimate of drug-likeness (QED) is 0.846. The number of fused-ring (bicyclic) bond motifs is 1. The fourth-order valence-electron chi connectivity index (χ4n) is 2.01. The predicted molar refractivity (Wildman–Crippen MR) is 79.0 cm³/mol. The van der Waals surface area contributed by atoms with Crippen LogP contribution in [0.5, 0.6) is 0 Å². The smallest absolute Gasteiger partial charge is 0.293 e. The molecule has 7 nitrogen and oxygen atoms in total. The number of rotatable bonds is 2. The maximum Gasteiger partial charge on any atom is 0.293 e. The lowest BCUT2D eigenvalue weighted by Crippen LogP contribution is -2.48. The SMILES string of the molecule is CC(=O)N(C(C)=O)N(C)c1nc2ccc(Cl)cc2[nH]c1=O. The van der Waals surface area contributed by atoms with Gasteiger partial charge in [-0.1, -0.05) is 11.6 Å². The van der Waals surface area contributed by atoms with E-state index in [2.05, 4.69) is 9.97 Å². The first-order chi connectivity index (χ1) is 9.81. The van der Waals surface area contributed by atoms with Crippen molar-refractivity contribution in [3.05, 3.63) is 33.6 Å². The molecule has 0 saturated heterocycles. The highest BCUT2D eigenvalue weighted by Gasteiger charge is 2.23. The first-order valence-corrected chi connectivity index (χ1v) is 6.43. The Morgan fingerprint density at radius 2 is 1.86 bits per heavy atom. The largest absolute Gasteiger partial charge is 0.317 e. The highest BCUT2D eigenvalue weighted by atomic mass is 35.5. The van der Waals surface area contributed by atoms with Crippen LogP contribution >= 0.6 is 11.6 Å². The summed E-state index contributed by atoms with van der Waals surface area (Å²) in [7, 11) is 1.42. The standard InChI is InChI=1S/C13H13ClN4O3/c1-7(19)18(8(2)20)17(3)12-13(21)16-11-6-9(14)4-5-10(11)15-12/h4-6H,1-3H3,(H,16,21). The number of nitrogens with one attached hydrogen (secondary N) is 1. The molecule has 0 radical (unpaired) electrons. The van der Waals surface area contributed by atoms with E-state index in [0.717, 1.165) is 10.0 Å². The monoisotopic (exact) mass is 308 g/mol. The fraction of sp³-hybridized carbons (Fsp3) is 0.231. The molecular formula is C13H13ClN4O3. The fourth-order valence-corrected chi connectivity index (χ4v) is 2.18. The van der Waals surface area contributed by atoms with Crippen molar-refractivity contribution in [3.8, 4) is 0 Å². The number of aromatic nitrogens is 2. The van der Waals surface area contributed by atoms with Gasteiger partial charge in [0.2, 0.25) is 17.6 Å².